The van der Waals surface area contributed by atoms with Crippen molar-refractivity contribution in [1.82, 2.24) is 4.98 Å². The number of aromatic nitrogens is 1. The minimum absolute atomic E-state index is 0.0668. The number of hydrogen-bond donors (Lipinski definition) is 1. The van der Waals surface area contributed by atoms with Gasteiger partial charge in [0.1, 0.15) is 22.4 Å². The zero-order chi connectivity index (χ0) is 16.2. The van der Waals surface area contributed by atoms with Crippen LogP contribution in [0.1, 0.15) is 10.6 Å². The maximum Gasteiger partial charge on any atom is 0.138 e. The molecule has 0 aliphatic rings. The summed E-state index contributed by atoms with van der Waals surface area (Å²) in [5.41, 5.74) is 2.30. The third-order valence-corrected chi connectivity index (χ3v) is 5.38. The number of para-hydroxylation sites is 1. The number of benzene rings is 2. The molecule has 3 nitrogen and oxygen atoms in total. The smallest absolute Gasteiger partial charge is 0.138 e. The van der Waals surface area contributed by atoms with E-state index in [2.05, 4.69) is 11.1 Å². The highest BCUT2D eigenvalue weighted by atomic mass is 32.2. The molecular formula is C18H14N2OS2. The maximum absolute atomic E-state index is 10.3. The first-order valence-electron chi connectivity index (χ1n) is 7.05. The van der Waals surface area contributed by atoms with Crippen LogP contribution < -0.4 is 0 Å². The van der Waals surface area contributed by atoms with Crippen molar-refractivity contribution in [3.63, 3.8) is 0 Å². The molecule has 1 heterocycles. The van der Waals surface area contributed by atoms with E-state index in [1.54, 1.807) is 0 Å². The van der Waals surface area contributed by atoms with Gasteiger partial charge in [-0.3, -0.25) is 0 Å². The van der Waals surface area contributed by atoms with Gasteiger partial charge in [-0.2, -0.15) is 5.26 Å². The quantitative estimate of drug-likeness (QED) is 0.404. The Morgan fingerprint density at radius 3 is 2.65 bits per heavy atom. The highest BCUT2D eigenvalue weighted by Gasteiger charge is 2.14. The number of thioether (sulfide) groups is 1. The van der Waals surface area contributed by atoms with Crippen molar-refractivity contribution < 1.29 is 5.11 Å². The lowest BCUT2D eigenvalue weighted by atomic mass is 10.2. The third-order valence-electron chi connectivity index (χ3n) is 3.30. The Morgan fingerprint density at radius 2 is 1.96 bits per heavy atom. The zero-order valence-electron chi connectivity index (χ0n) is 12.5. The molecular weight excluding hydrogens is 324 g/mol. The van der Waals surface area contributed by atoms with E-state index in [1.807, 2.05) is 55.5 Å². The van der Waals surface area contributed by atoms with E-state index < -0.39 is 0 Å². The fourth-order valence-corrected chi connectivity index (χ4v) is 3.83. The van der Waals surface area contributed by atoms with Crippen molar-refractivity contribution in [2.75, 3.05) is 5.75 Å². The number of fused-ring (bicyclic) bond motifs is 1. The Bertz CT molecular complexity index is 872. The van der Waals surface area contributed by atoms with Gasteiger partial charge in [0.25, 0.3) is 0 Å². The highest BCUT2D eigenvalue weighted by Crippen LogP contribution is 2.30. The van der Waals surface area contributed by atoms with Crippen LogP contribution in [0, 0.1) is 18.3 Å². The van der Waals surface area contributed by atoms with Gasteiger partial charge in [0.15, 0.2) is 0 Å². The minimum Gasteiger partial charge on any atom is -0.510 e. The molecule has 0 atom stereocenters. The van der Waals surface area contributed by atoms with Crippen molar-refractivity contribution in [2.24, 2.45) is 0 Å². The van der Waals surface area contributed by atoms with E-state index in [0.29, 0.717) is 10.8 Å². The lowest BCUT2D eigenvalue weighted by molar-refractivity contribution is 0.421. The van der Waals surface area contributed by atoms with Gasteiger partial charge in [-0.25, -0.2) is 4.98 Å². The predicted octanol–water partition coefficient (Wildman–Crippen LogP) is 5.19. The summed E-state index contributed by atoms with van der Waals surface area (Å²) in [7, 11) is 0. The SMILES string of the molecule is Cc1ccc(SC/C(O)=C(\C#N)c2nc3ccccc3s2)cc1. The molecule has 0 aliphatic carbocycles. The summed E-state index contributed by atoms with van der Waals surface area (Å²) in [6.45, 7) is 2.03. The largest absolute Gasteiger partial charge is 0.510 e. The molecule has 114 valence electrons. The Balaban J connectivity index is 1.84. The number of nitriles is 1. The summed E-state index contributed by atoms with van der Waals surface area (Å²) >= 11 is 2.92. The summed E-state index contributed by atoms with van der Waals surface area (Å²) in [6, 6.07) is 17.9. The fourth-order valence-electron chi connectivity index (χ4n) is 2.07. The monoisotopic (exact) mass is 338 g/mol. The average Bonchev–Trinajstić information content (AvgIpc) is 2.98. The molecule has 0 unspecified atom stereocenters. The van der Waals surface area contributed by atoms with E-state index in [-0.39, 0.29) is 11.3 Å². The van der Waals surface area contributed by atoms with Gasteiger partial charge < -0.3 is 5.11 Å². The molecule has 0 saturated carbocycles. The van der Waals surface area contributed by atoms with Crippen LogP contribution in [0.5, 0.6) is 0 Å². The Kier molecular flexibility index (Phi) is 4.65. The van der Waals surface area contributed by atoms with Crippen molar-refractivity contribution in [3.05, 3.63) is 64.9 Å². The first-order valence-corrected chi connectivity index (χ1v) is 8.85. The fraction of sp³-hybridized carbons (Fsp3) is 0.111. The second-order valence-electron chi connectivity index (χ2n) is 5.02. The summed E-state index contributed by atoms with van der Waals surface area (Å²) in [6.07, 6.45) is 0. The minimum atomic E-state index is 0.0668. The average molecular weight is 338 g/mol. The van der Waals surface area contributed by atoms with E-state index >= 15 is 0 Å². The lowest BCUT2D eigenvalue weighted by Crippen LogP contribution is -1.92. The van der Waals surface area contributed by atoms with E-state index in [0.717, 1.165) is 15.1 Å². The van der Waals surface area contributed by atoms with Crippen molar-refractivity contribution in [1.29, 1.82) is 5.26 Å². The number of aryl methyl sites for hydroxylation is 1. The van der Waals surface area contributed by atoms with E-state index in [9.17, 15) is 10.4 Å². The van der Waals surface area contributed by atoms with Crippen LogP contribution in [0.15, 0.2) is 59.2 Å². The summed E-state index contributed by atoms with van der Waals surface area (Å²) in [4.78, 5) is 5.50. The van der Waals surface area contributed by atoms with Gasteiger partial charge in [-0.05, 0) is 31.2 Å². The number of nitrogens with zero attached hydrogens (tertiary/aromatic N) is 2. The number of allylic oxidation sites excluding steroid dienone is 1. The van der Waals surface area contributed by atoms with Crippen LogP contribution in [0.2, 0.25) is 0 Å². The molecule has 1 aromatic heterocycles. The van der Waals surface area contributed by atoms with Crippen LogP contribution in [-0.4, -0.2) is 15.8 Å². The molecule has 0 saturated heterocycles. The van der Waals surface area contributed by atoms with Crippen molar-refractivity contribution in [2.45, 2.75) is 11.8 Å². The normalized spacial score (nSPS) is 12.0. The van der Waals surface area contributed by atoms with Crippen molar-refractivity contribution >= 4 is 38.9 Å². The van der Waals surface area contributed by atoms with Crippen LogP contribution in [0.4, 0.5) is 0 Å². The summed E-state index contributed by atoms with van der Waals surface area (Å²) in [5, 5.41) is 20.3. The highest BCUT2D eigenvalue weighted by molar-refractivity contribution is 7.99. The van der Waals surface area contributed by atoms with Gasteiger partial charge in [-0.1, -0.05) is 29.8 Å². The van der Waals surface area contributed by atoms with Crippen LogP contribution in [0.25, 0.3) is 15.8 Å². The van der Waals surface area contributed by atoms with Crippen molar-refractivity contribution in [3.8, 4) is 6.07 Å². The number of thiazole rings is 1. The van der Waals surface area contributed by atoms with Gasteiger partial charge in [0.05, 0.1) is 16.0 Å². The number of aliphatic hydroxyl groups is 1. The lowest BCUT2D eigenvalue weighted by Gasteiger charge is -2.03. The molecule has 1 N–H and O–H groups in total. The first-order chi connectivity index (χ1) is 11.2. The second-order valence-corrected chi connectivity index (χ2v) is 7.10. The first kappa shape index (κ1) is 15.6. The maximum atomic E-state index is 10.3. The standard InChI is InChI=1S/C18H14N2OS2/c1-12-6-8-13(9-7-12)22-11-16(21)14(10-19)18-20-15-4-2-3-5-17(15)23-18/h2-9,21H,11H2,1H3/b16-14-. The molecule has 5 heteroatoms. The Morgan fingerprint density at radius 1 is 1.22 bits per heavy atom. The number of rotatable bonds is 4. The van der Waals surface area contributed by atoms with Crippen LogP contribution >= 0.6 is 23.1 Å². The van der Waals surface area contributed by atoms with Gasteiger partial charge >= 0.3 is 0 Å². The Hall–Kier alpha value is -2.29. The van der Waals surface area contributed by atoms with Gasteiger partial charge in [0, 0.05) is 4.90 Å². The molecule has 2 aromatic carbocycles. The zero-order valence-corrected chi connectivity index (χ0v) is 14.1. The van der Waals surface area contributed by atoms with Crippen LogP contribution in [0.3, 0.4) is 0 Å². The van der Waals surface area contributed by atoms with Crippen LogP contribution in [-0.2, 0) is 0 Å². The number of hydrogen-bond acceptors (Lipinski definition) is 5. The van der Waals surface area contributed by atoms with E-state index in [4.69, 9.17) is 0 Å². The summed E-state index contributed by atoms with van der Waals surface area (Å²) < 4.78 is 1.01. The predicted molar refractivity (Wildman–Crippen MR) is 96.7 cm³/mol. The molecule has 0 fully saturated rings. The molecule has 0 radical (unpaired) electrons. The Labute approximate surface area is 142 Å². The van der Waals surface area contributed by atoms with Gasteiger partial charge in [-0.15, -0.1) is 23.1 Å². The molecule has 3 aromatic rings. The molecule has 0 spiro atoms. The molecule has 0 amide bonds. The second kappa shape index (κ2) is 6.86. The van der Waals surface area contributed by atoms with E-state index in [1.165, 1.54) is 28.7 Å². The number of aliphatic hydroxyl groups excluding tert-OH is 1. The van der Waals surface area contributed by atoms with Gasteiger partial charge in [0.2, 0.25) is 0 Å². The topological polar surface area (TPSA) is 56.9 Å². The molecule has 3 rings (SSSR count). The summed E-state index contributed by atoms with van der Waals surface area (Å²) in [5.74, 6) is 0.416. The molecule has 0 aliphatic heterocycles. The molecule has 23 heavy (non-hydrogen) atoms. The third kappa shape index (κ3) is 3.55. The molecule has 0 bridgehead atoms.